The zero-order valence-corrected chi connectivity index (χ0v) is 21.0. The first-order valence-corrected chi connectivity index (χ1v) is 12.4. The number of fused-ring (bicyclic) bond motifs is 1. The first kappa shape index (κ1) is 29.0. The molecule has 2 aliphatic rings. The number of aliphatic hydroxyl groups is 6. The number of ether oxygens (including phenoxy) is 4. The largest absolute Gasteiger partial charge is 0.507 e. The van der Waals surface area contributed by atoms with Crippen LogP contribution in [0.2, 0.25) is 0 Å². The lowest BCUT2D eigenvalue weighted by atomic mass is 9.99. The highest BCUT2D eigenvalue weighted by Gasteiger charge is 2.46. The molecule has 9 atom stereocenters. The minimum absolute atomic E-state index is 0.0104. The Bertz CT molecular complexity index is 1460. The van der Waals surface area contributed by atoms with E-state index in [1.54, 1.807) is 0 Å². The molecule has 15 heteroatoms. The van der Waals surface area contributed by atoms with Gasteiger partial charge in [0, 0.05) is 23.8 Å². The monoisotopic (exact) mass is 580 g/mol. The number of rotatable bonds is 6. The molecule has 1 aromatic heterocycles. The van der Waals surface area contributed by atoms with Crippen molar-refractivity contribution < 1.29 is 69.3 Å². The van der Waals surface area contributed by atoms with Gasteiger partial charge in [0.1, 0.15) is 71.0 Å². The lowest BCUT2D eigenvalue weighted by molar-refractivity contribution is -0.307. The number of hydrogen-bond donors (Lipinski definition) is 9. The molecule has 3 aromatic rings. The molecule has 3 heterocycles. The molecule has 9 N–H and O–H groups in total. The maximum Gasteiger partial charge on any atom is 0.229 e. The summed E-state index contributed by atoms with van der Waals surface area (Å²) in [6.45, 7) is -0.836. The van der Waals surface area contributed by atoms with Crippen LogP contribution in [0.5, 0.6) is 23.0 Å². The van der Waals surface area contributed by atoms with Gasteiger partial charge in [0.2, 0.25) is 6.29 Å². The summed E-state index contributed by atoms with van der Waals surface area (Å²) < 4.78 is 27.4. The van der Waals surface area contributed by atoms with Crippen LogP contribution in [0.4, 0.5) is 0 Å². The molecular weight excluding hydrogens is 552 g/mol. The van der Waals surface area contributed by atoms with E-state index in [-0.39, 0.29) is 40.4 Å². The van der Waals surface area contributed by atoms with E-state index in [4.69, 9.17) is 23.4 Å². The molecule has 222 valence electrons. The van der Waals surface area contributed by atoms with E-state index >= 15 is 0 Å². The molecule has 0 aliphatic carbocycles. The minimum Gasteiger partial charge on any atom is -0.507 e. The number of hydrogen-bond acceptors (Lipinski definition) is 15. The summed E-state index contributed by atoms with van der Waals surface area (Å²) in [6, 6.07) is 7.08. The third-order valence-corrected chi connectivity index (χ3v) is 6.84. The van der Waals surface area contributed by atoms with Gasteiger partial charge in [-0.3, -0.25) is 4.79 Å². The van der Waals surface area contributed by atoms with Gasteiger partial charge in [-0.15, -0.1) is 0 Å². The van der Waals surface area contributed by atoms with Crippen molar-refractivity contribution in [3.05, 3.63) is 46.6 Å². The van der Waals surface area contributed by atoms with E-state index in [1.807, 2.05) is 0 Å². The minimum atomic E-state index is -1.79. The predicted octanol–water partition coefficient (Wildman–Crippen LogP) is -1.78. The molecular formula is C26H28O15. The lowest BCUT2D eigenvalue weighted by Crippen LogP contribution is -2.61. The third kappa shape index (κ3) is 5.67. The van der Waals surface area contributed by atoms with Crippen LogP contribution >= 0.6 is 0 Å². The molecule has 2 aromatic carbocycles. The van der Waals surface area contributed by atoms with Gasteiger partial charge in [-0.05, 0) is 18.2 Å². The first-order chi connectivity index (χ1) is 19.4. The van der Waals surface area contributed by atoms with E-state index in [0.29, 0.717) is 0 Å². The molecule has 0 radical (unpaired) electrons. The topological polar surface area (TPSA) is 249 Å². The SMILES string of the molecule is O=c1cc(-c2ccc(O)c(O)c2)oc2cc(O[C@@H]3O[C@H](CO[C@@H]4OC[C@@H](O)[C@H](O)[C@@H]4O)[C@@H](O)[C@H](O)[C@H]3O)cc(O)c12. The average molecular weight is 580 g/mol. The van der Waals surface area contributed by atoms with Crippen LogP contribution in [0.25, 0.3) is 22.3 Å². The number of aliphatic hydroxyl groups excluding tert-OH is 6. The molecule has 0 spiro atoms. The summed E-state index contributed by atoms with van der Waals surface area (Å²) >= 11 is 0. The fourth-order valence-corrected chi connectivity index (χ4v) is 4.53. The Labute approximate surface area is 230 Å². The first-order valence-electron chi connectivity index (χ1n) is 12.4. The van der Waals surface area contributed by atoms with Gasteiger partial charge in [-0.1, -0.05) is 0 Å². The Morgan fingerprint density at radius 2 is 1.51 bits per heavy atom. The van der Waals surface area contributed by atoms with Crippen molar-refractivity contribution >= 4 is 11.0 Å². The molecule has 0 unspecified atom stereocenters. The van der Waals surface area contributed by atoms with Gasteiger partial charge in [-0.25, -0.2) is 0 Å². The van der Waals surface area contributed by atoms with Crippen LogP contribution in [0.15, 0.2) is 45.6 Å². The van der Waals surface area contributed by atoms with Crippen LogP contribution in [0, 0.1) is 0 Å². The van der Waals surface area contributed by atoms with Crippen molar-refractivity contribution in [2.24, 2.45) is 0 Å². The molecule has 0 amide bonds. The summed E-state index contributed by atoms with van der Waals surface area (Å²) in [5.41, 5.74) is -0.539. The fraction of sp³-hybridized carbons (Fsp3) is 0.423. The Hall–Kier alpha value is -3.51. The number of aromatic hydroxyl groups is 3. The normalized spacial score (nSPS) is 32.2. The third-order valence-electron chi connectivity index (χ3n) is 6.84. The molecule has 0 saturated carbocycles. The van der Waals surface area contributed by atoms with Crippen LogP contribution in [0.3, 0.4) is 0 Å². The molecule has 2 aliphatic heterocycles. The molecule has 0 bridgehead atoms. The lowest BCUT2D eigenvalue weighted by Gasteiger charge is -2.41. The molecule has 2 fully saturated rings. The van der Waals surface area contributed by atoms with Crippen LogP contribution in [-0.4, -0.2) is 114 Å². The van der Waals surface area contributed by atoms with Crippen molar-refractivity contribution in [2.45, 2.75) is 55.3 Å². The van der Waals surface area contributed by atoms with Gasteiger partial charge in [0.15, 0.2) is 23.2 Å². The smallest absolute Gasteiger partial charge is 0.229 e. The Kier molecular flexibility index (Phi) is 8.06. The summed E-state index contributed by atoms with van der Waals surface area (Å²) in [7, 11) is 0. The maximum absolute atomic E-state index is 12.7. The second kappa shape index (κ2) is 11.4. The van der Waals surface area contributed by atoms with Crippen molar-refractivity contribution in [1.29, 1.82) is 0 Å². The zero-order chi connectivity index (χ0) is 29.6. The second-order valence-corrected chi connectivity index (χ2v) is 9.71. The number of phenols is 3. The number of phenolic OH excluding ortho intramolecular Hbond substituents is 3. The Morgan fingerprint density at radius 3 is 2.24 bits per heavy atom. The van der Waals surface area contributed by atoms with Crippen LogP contribution < -0.4 is 10.2 Å². The average Bonchev–Trinajstić information content (AvgIpc) is 2.93. The van der Waals surface area contributed by atoms with Gasteiger partial charge in [-0.2, -0.15) is 0 Å². The zero-order valence-electron chi connectivity index (χ0n) is 21.0. The summed E-state index contributed by atoms with van der Waals surface area (Å²) in [5, 5.41) is 90.3. The van der Waals surface area contributed by atoms with Crippen LogP contribution in [-0.2, 0) is 14.2 Å². The maximum atomic E-state index is 12.7. The van der Waals surface area contributed by atoms with E-state index in [9.17, 15) is 50.8 Å². The summed E-state index contributed by atoms with van der Waals surface area (Å²) in [5.74, 6) is -1.55. The molecule has 15 nitrogen and oxygen atoms in total. The van der Waals surface area contributed by atoms with Gasteiger partial charge in [0.05, 0.1) is 13.2 Å². The van der Waals surface area contributed by atoms with E-state index in [0.717, 1.165) is 12.1 Å². The van der Waals surface area contributed by atoms with Gasteiger partial charge >= 0.3 is 0 Å². The van der Waals surface area contributed by atoms with Gasteiger partial charge < -0.3 is 69.3 Å². The van der Waals surface area contributed by atoms with Gasteiger partial charge in [0.25, 0.3) is 0 Å². The molecule has 2 saturated heterocycles. The Balaban J connectivity index is 1.36. The standard InChI is InChI=1S/C26H28O15/c27-11-2-1-9(3-12(11)28)16-6-14(30)19-13(29)4-10(5-17(19)40-16)39-26-24(36)22(34)21(33)18(41-26)8-38-25-23(35)20(32)15(31)7-37-25/h1-6,15,18,20-29,31-36H,7-8H2/t15-,18-,20+,21-,22+,23+,24-,25+,26-/m1/s1. The molecule has 5 rings (SSSR count). The Morgan fingerprint density at radius 1 is 0.780 bits per heavy atom. The second-order valence-electron chi connectivity index (χ2n) is 9.71. The quantitative estimate of drug-likeness (QED) is 0.146. The van der Waals surface area contributed by atoms with E-state index in [1.165, 1.54) is 24.3 Å². The highest BCUT2D eigenvalue weighted by Crippen LogP contribution is 2.35. The van der Waals surface area contributed by atoms with Crippen molar-refractivity contribution in [3.63, 3.8) is 0 Å². The van der Waals surface area contributed by atoms with E-state index < -0.39 is 78.8 Å². The highest BCUT2D eigenvalue weighted by molar-refractivity contribution is 5.86. The van der Waals surface area contributed by atoms with Crippen molar-refractivity contribution in [2.75, 3.05) is 13.2 Å². The molecule has 41 heavy (non-hydrogen) atoms. The fourth-order valence-electron chi connectivity index (χ4n) is 4.53. The van der Waals surface area contributed by atoms with E-state index in [2.05, 4.69) is 0 Å². The summed E-state index contributed by atoms with van der Waals surface area (Å²) in [6.07, 6.45) is -14.1. The van der Waals surface area contributed by atoms with Crippen LogP contribution in [0.1, 0.15) is 0 Å². The number of benzene rings is 2. The predicted molar refractivity (Wildman–Crippen MR) is 134 cm³/mol. The van der Waals surface area contributed by atoms with Crippen molar-refractivity contribution in [1.82, 2.24) is 0 Å². The summed E-state index contributed by atoms with van der Waals surface area (Å²) in [4.78, 5) is 12.7. The van der Waals surface area contributed by atoms with Crippen molar-refractivity contribution in [3.8, 4) is 34.3 Å². The highest BCUT2D eigenvalue weighted by atomic mass is 16.7.